The van der Waals surface area contributed by atoms with E-state index in [0.717, 1.165) is 16.7 Å². The minimum atomic E-state index is -4.67. The molecule has 0 bridgehead atoms. The van der Waals surface area contributed by atoms with Crippen LogP contribution in [0, 0.1) is 0 Å². The number of H-pyrrole nitrogens is 1. The Labute approximate surface area is 229 Å². The highest BCUT2D eigenvalue weighted by molar-refractivity contribution is 7.89. The summed E-state index contributed by atoms with van der Waals surface area (Å²) in [4.78, 5) is 14.2. The summed E-state index contributed by atoms with van der Waals surface area (Å²) in [5, 5.41) is -0.0961. The predicted molar refractivity (Wildman–Crippen MR) is 148 cm³/mol. The van der Waals surface area contributed by atoms with Crippen LogP contribution in [-0.2, 0) is 35.7 Å². The zero-order valence-corrected chi connectivity index (χ0v) is 22.0. The molecule has 204 valence electrons. The van der Waals surface area contributed by atoms with Crippen LogP contribution in [0.15, 0.2) is 119 Å². The van der Waals surface area contributed by atoms with Crippen molar-refractivity contribution in [3.63, 3.8) is 0 Å². The van der Waals surface area contributed by atoms with Gasteiger partial charge < -0.3 is 4.98 Å². The smallest absolute Gasteiger partial charge is 0.322 e. The van der Waals surface area contributed by atoms with Crippen molar-refractivity contribution in [1.82, 2.24) is 9.29 Å². The first-order chi connectivity index (χ1) is 19.1. The third-order valence-electron chi connectivity index (χ3n) is 6.59. The maximum atomic E-state index is 13.7. The van der Waals surface area contributed by atoms with Gasteiger partial charge in [-0.05, 0) is 52.9 Å². The van der Waals surface area contributed by atoms with Crippen molar-refractivity contribution in [2.45, 2.75) is 30.6 Å². The van der Waals surface area contributed by atoms with Gasteiger partial charge in [-0.15, -0.1) is 0 Å². The molecule has 0 amide bonds. The first-order valence-corrected chi connectivity index (χ1v) is 13.9. The van der Waals surface area contributed by atoms with Gasteiger partial charge in [-0.2, -0.15) is 17.5 Å². The largest absolute Gasteiger partial charge is 0.417 e. The lowest BCUT2D eigenvalue weighted by Crippen LogP contribution is -2.30. The molecular weight excluding hydrogens is 537 g/mol. The highest BCUT2D eigenvalue weighted by Crippen LogP contribution is 2.34. The number of nitrogens with one attached hydrogen (secondary N) is 1. The summed E-state index contributed by atoms with van der Waals surface area (Å²) in [5.74, 6) is 0. The van der Waals surface area contributed by atoms with E-state index in [2.05, 4.69) is 4.98 Å². The molecule has 5 aromatic rings. The second kappa shape index (κ2) is 11.1. The third-order valence-corrected chi connectivity index (χ3v) is 8.39. The average molecular weight is 563 g/mol. The van der Waals surface area contributed by atoms with Crippen molar-refractivity contribution >= 4 is 20.9 Å². The Balaban J connectivity index is 1.42. The molecule has 1 heterocycles. The van der Waals surface area contributed by atoms with Crippen LogP contribution in [0.5, 0.6) is 0 Å². The van der Waals surface area contributed by atoms with Crippen LogP contribution in [0.2, 0.25) is 0 Å². The summed E-state index contributed by atoms with van der Waals surface area (Å²) >= 11 is 0. The number of halogens is 3. The summed E-state index contributed by atoms with van der Waals surface area (Å²) < 4.78 is 69.5. The maximum Gasteiger partial charge on any atom is 0.417 e. The quantitative estimate of drug-likeness (QED) is 0.234. The van der Waals surface area contributed by atoms with Crippen LogP contribution < -0.4 is 5.56 Å². The fourth-order valence-corrected chi connectivity index (χ4v) is 6.03. The van der Waals surface area contributed by atoms with Gasteiger partial charge in [-0.1, -0.05) is 78.9 Å². The molecule has 5 nitrogen and oxygen atoms in total. The molecule has 0 fully saturated rings. The zero-order chi connectivity index (χ0) is 28.3. The van der Waals surface area contributed by atoms with Crippen molar-refractivity contribution in [2.24, 2.45) is 0 Å². The van der Waals surface area contributed by atoms with Crippen LogP contribution in [0.3, 0.4) is 0 Å². The number of sulfonamides is 1. The third kappa shape index (κ3) is 6.16. The predicted octanol–water partition coefficient (Wildman–Crippen LogP) is 6.53. The van der Waals surface area contributed by atoms with Gasteiger partial charge in [0.15, 0.2) is 0 Å². The molecule has 0 saturated heterocycles. The zero-order valence-electron chi connectivity index (χ0n) is 21.2. The Bertz CT molecular complexity index is 1740. The van der Waals surface area contributed by atoms with Crippen LogP contribution in [-0.4, -0.2) is 17.7 Å². The molecule has 1 N–H and O–H groups in total. The topological polar surface area (TPSA) is 70.2 Å². The van der Waals surface area contributed by atoms with Crippen molar-refractivity contribution in [3.8, 4) is 0 Å². The molecule has 9 heteroatoms. The summed E-state index contributed by atoms with van der Waals surface area (Å²) in [5.41, 5.74) is 1.32. The van der Waals surface area contributed by atoms with Crippen molar-refractivity contribution < 1.29 is 21.6 Å². The number of alkyl halides is 3. The number of hydrogen-bond donors (Lipinski definition) is 1. The van der Waals surface area contributed by atoms with Gasteiger partial charge >= 0.3 is 6.18 Å². The fraction of sp³-hybridized carbons (Fsp3) is 0.129. The van der Waals surface area contributed by atoms with Crippen LogP contribution in [0.4, 0.5) is 13.2 Å². The fourth-order valence-electron chi connectivity index (χ4n) is 4.61. The summed E-state index contributed by atoms with van der Waals surface area (Å²) in [7, 11) is -3.87. The number of pyridine rings is 1. The van der Waals surface area contributed by atoms with E-state index in [0.29, 0.717) is 11.6 Å². The summed E-state index contributed by atoms with van der Waals surface area (Å²) in [6.45, 7) is 0.390. The Morgan fingerprint density at radius 2 is 1.23 bits per heavy atom. The highest BCUT2D eigenvalue weighted by atomic mass is 32.2. The molecule has 1 aromatic heterocycles. The van der Waals surface area contributed by atoms with Crippen molar-refractivity contribution in [2.75, 3.05) is 0 Å². The molecule has 0 spiro atoms. The molecule has 4 aromatic carbocycles. The Hall–Kier alpha value is -4.21. The van der Waals surface area contributed by atoms with Gasteiger partial charge in [0.1, 0.15) is 0 Å². The molecule has 0 saturated carbocycles. The lowest BCUT2D eigenvalue weighted by Gasteiger charge is -2.23. The number of fused-ring (bicyclic) bond motifs is 1. The second-order valence-corrected chi connectivity index (χ2v) is 11.4. The van der Waals surface area contributed by atoms with E-state index in [4.69, 9.17) is 0 Å². The Kier molecular flexibility index (Phi) is 7.60. The van der Waals surface area contributed by atoms with Gasteiger partial charge in [-0.25, -0.2) is 8.42 Å². The molecule has 5 rings (SSSR count). The monoisotopic (exact) mass is 562 g/mol. The number of aromatic amines is 1. The molecule has 0 atom stereocenters. The molecule has 0 aliphatic heterocycles. The van der Waals surface area contributed by atoms with E-state index in [1.807, 2.05) is 60.7 Å². The summed E-state index contributed by atoms with van der Waals surface area (Å²) in [6.07, 6.45) is -4.39. The maximum absolute atomic E-state index is 13.7. The van der Waals surface area contributed by atoms with Crippen molar-refractivity contribution in [3.05, 3.63) is 147 Å². The van der Waals surface area contributed by atoms with Gasteiger partial charge in [0, 0.05) is 30.1 Å². The summed E-state index contributed by atoms with van der Waals surface area (Å²) in [6, 6.07) is 30.1. The van der Waals surface area contributed by atoms with Crippen LogP contribution >= 0.6 is 0 Å². The first-order valence-electron chi connectivity index (χ1n) is 12.5. The average Bonchev–Trinajstić information content (AvgIpc) is 2.93. The minimum Gasteiger partial charge on any atom is -0.322 e. The highest BCUT2D eigenvalue weighted by Gasteiger charge is 2.33. The molecule has 0 aliphatic carbocycles. The molecule has 0 radical (unpaired) electrons. The minimum absolute atomic E-state index is 0.0961. The molecule has 0 aliphatic rings. The number of rotatable bonds is 8. The number of aromatic nitrogens is 1. The number of nitrogens with zero attached hydrogens (tertiary/aromatic N) is 1. The number of benzene rings is 4. The normalized spacial score (nSPS) is 12.2. The van der Waals surface area contributed by atoms with Gasteiger partial charge in [-0.3, -0.25) is 4.79 Å². The first kappa shape index (κ1) is 27.4. The SMILES string of the molecule is O=c1cc(C(F)(F)F)c2cc(Cc3ccc(S(=O)(=O)N(Cc4ccccc4)Cc4ccccc4)cc3)ccc2[nH]1. The number of hydrogen-bond acceptors (Lipinski definition) is 3. The standard InChI is InChI=1S/C31H25F3N2O3S/c32-31(33,34)28-19-30(37)35-29-16-13-25(18-27(28)29)17-22-11-14-26(15-12-22)40(38,39)36(20-23-7-3-1-4-8-23)21-24-9-5-2-6-10-24/h1-16,18-19H,17,20-21H2,(H,35,37). The van der Waals surface area contributed by atoms with Gasteiger partial charge in [0.05, 0.1) is 10.5 Å². The molecule has 0 unspecified atom stereocenters. The van der Waals surface area contributed by atoms with E-state index in [9.17, 15) is 26.4 Å². The lowest BCUT2D eigenvalue weighted by atomic mass is 10.0. The Morgan fingerprint density at radius 1 is 0.675 bits per heavy atom. The van der Waals surface area contributed by atoms with E-state index in [-0.39, 0.29) is 35.3 Å². The molecular formula is C31H25F3N2O3S. The lowest BCUT2D eigenvalue weighted by molar-refractivity contribution is -0.136. The van der Waals surface area contributed by atoms with E-state index in [1.165, 1.54) is 28.6 Å². The van der Waals surface area contributed by atoms with Crippen LogP contribution in [0.1, 0.15) is 27.8 Å². The Morgan fingerprint density at radius 3 is 1.77 bits per heavy atom. The van der Waals surface area contributed by atoms with Crippen LogP contribution in [0.25, 0.3) is 10.9 Å². The second-order valence-electron chi connectivity index (χ2n) is 9.49. The van der Waals surface area contributed by atoms with E-state index in [1.54, 1.807) is 18.2 Å². The van der Waals surface area contributed by atoms with Gasteiger partial charge in [0.25, 0.3) is 0 Å². The van der Waals surface area contributed by atoms with E-state index < -0.39 is 27.3 Å². The van der Waals surface area contributed by atoms with Gasteiger partial charge in [0.2, 0.25) is 15.6 Å². The van der Waals surface area contributed by atoms with E-state index >= 15 is 0 Å². The van der Waals surface area contributed by atoms with Crippen molar-refractivity contribution in [1.29, 1.82) is 0 Å². The molecule has 40 heavy (non-hydrogen) atoms.